The summed E-state index contributed by atoms with van der Waals surface area (Å²) in [4.78, 5) is 11.3. The molecule has 0 aromatic heterocycles. The Morgan fingerprint density at radius 2 is 1.75 bits per heavy atom. The van der Waals surface area contributed by atoms with Crippen LogP contribution in [0.15, 0.2) is 12.1 Å². The number of rotatable bonds is 3. The number of esters is 1. The second-order valence-corrected chi connectivity index (χ2v) is 3.00. The van der Waals surface area contributed by atoms with E-state index in [0.29, 0.717) is 6.42 Å². The predicted molar refractivity (Wildman–Crippen MR) is 59.2 cm³/mol. The normalized spacial score (nSPS) is 9.31. The molecule has 16 heavy (non-hydrogen) atoms. The van der Waals surface area contributed by atoms with E-state index in [1.54, 1.807) is 0 Å². The van der Waals surface area contributed by atoms with Gasteiger partial charge in [0.15, 0.2) is 17.2 Å². The van der Waals surface area contributed by atoms with E-state index >= 15 is 0 Å². The fraction of sp³-hybridized carbons (Fsp3) is 0.300. The Morgan fingerprint density at radius 1 is 1.25 bits per heavy atom. The molecule has 0 atom stereocenters. The molecule has 0 radical (unpaired) electrons. The fourth-order valence-electron chi connectivity index (χ4n) is 1.00. The summed E-state index contributed by atoms with van der Waals surface area (Å²) in [5, 5.41) is 27.3. The number of hydrogen-bond donors (Lipinski definition) is 3. The summed E-state index contributed by atoms with van der Waals surface area (Å²) in [5.41, 5.74) is -0.00347. The summed E-state index contributed by atoms with van der Waals surface area (Å²) in [5.74, 6) is -2.42. The van der Waals surface area contributed by atoms with Gasteiger partial charge in [-0.15, -0.1) is 0 Å². The molecule has 0 spiro atoms. The third kappa shape index (κ3) is 3.95. The molecule has 1 aromatic rings. The number of phenolic OH excluding ortho intramolecular Hbond substituents is 3. The van der Waals surface area contributed by atoms with Crippen molar-refractivity contribution < 1.29 is 24.9 Å². The van der Waals surface area contributed by atoms with Crippen molar-refractivity contribution in [3.05, 3.63) is 17.7 Å². The van der Waals surface area contributed by atoms with Crippen molar-refractivity contribution in [3.8, 4) is 17.2 Å². The van der Waals surface area contributed by atoms with Crippen molar-refractivity contribution in [1.29, 1.82) is 0 Å². The molecule has 0 heterocycles. The van der Waals surface area contributed by atoms with Crippen LogP contribution in [0, 0.1) is 0 Å². The van der Waals surface area contributed by atoms with E-state index in [0.717, 1.165) is 12.1 Å². The van der Waals surface area contributed by atoms with Crippen LogP contribution in [0.1, 0.15) is 23.7 Å². The van der Waals surface area contributed by atoms with Crippen LogP contribution in [0.5, 0.6) is 17.2 Å². The Balaban J connectivity index is 0.00000225. The van der Waals surface area contributed by atoms with Crippen molar-refractivity contribution in [2.75, 3.05) is 6.61 Å². The zero-order valence-corrected chi connectivity index (χ0v) is 8.23. The molecule has 1 rings (SSSR count). The number of carbonyl (C=O) groups excluding carboxylic acids is 1. The molecule has 3 N–H and O–H groups in total. The Morgan fingerprint density at radius 3 is 2.19 bits per heavy atom. The average molecular weight is 252 g/mol. The van der Waals surface area contributed by atoms with E-state index in [2.05, 4.69) is 0 Å². The molecule has 84 valence electrons. The number of carbonyl (C=O) groups is 1. The second-order valence-electron chi connectivity index (χ2n) is 3.00. The van der Waals surface area contributed by atoms with Crippen LogP contribution in [0.25, 0.3) is 0 Å². The monoisotopic (exact) mass is 252 g/mol. The first-order valence-corrected chi connectivity index (χ1v) is 4.48. The first-order chi connectivity index (χ1) is 7.06. The molecule has 0 aliphatic carbocycles. The summed E-state index contributed by atoms with van der Waals surface area (Å²) in [7, 11) is 0. The maximum absolute atomic E-state index is 11.3. The van der Waals surface area contributed by atoms with E-state index in [4.69, 9.17) is 20.1 Å². The van der Waals surface area contributed by atoms with Gasteiger partial charge in [0.1, 0.15) is 0 Å². The molecular weight excluding hydrogens is 239 g/mol. The first-order valence-electron chi connectivity index (χ1n) is 4.48. The summed E-state index contributed by atoms with van der Waals surface area (Å²) < 4.78 is 4.78. The standard InChI is InChI=1S/C10H12O5.K.H/c1-2-3-15-10(14)6-4-7(11)9(13)8(12)5-6;;/h4-5,11-13H,2-3H2,1H3;;. The predicted octanol–water partition coefficient (Wildman–Crippen LogP) is 0.722. The Labute approximate surface area is 135 Å². The summed E-state index contributed by atoms with van der Waals surface area (Å²) in [6, 6.07) is 2.07. The van der Waals surface area contributed by atoms with Gasteiger partial charge < -0.3 is 20.1 Å². The molecule has 0 amide bonds. The van der Waals surface area contributed by atoms with E-state index < -0.39 is 23.2 Å². The molecule has 0 aliphatic rings. The summed E-state index contributed by atoms with van der Waals surface area (Å²) in [6.07, 6.45) is 0.682. The van der Waals surface area contributed by atoms with Crippen molar-refractivity contribution in [2.24, 2.45) is 0 Å². The van der Waals surface area contributed by atoms with Gasteiger partial charge in [-0.05, 0) is 18.6 Å². The van der Waals surface area contributed by atoms with E-state index in [1.165, 1.54) is 0 Å². The van der Waals surface area contributed by atoms with Gasteiger partial charge in [-0.25, -0.2) is 4.79 Å². The number of benzene rings is 1. The number of phenols is 3. The van der Waals surface area contributed by atoms with Crippen LogP contribution >= 0.6 is 0 Å². The molecule has 1 aromatic carbocycles. The third-order valence-electron chi connectivity index (χ3n) is 1.74. The molecular formula is C10H13KO5. The number of hydrogen-bond acceptors (Lipinski definition) is 5. The Hall–Kier alpha value is -0.274. The number of aromatic hydroxyl groups is 3. The van der Waals surface area contributed by atoms with E-state index in [9.17, 15) is 4.79 Å². The van der Waals surface area contributed by atoms with Crippen LogP contribution in [-0.2, 0) is 4.74 Å². The number of ether oxygens (including phenoxy) is 1. The van der Waals surface area contributed by atoms with Gasteiger partial charge in [-0.1, -0.05) is 6.92 Å². The molecule has 5 nitrogen and oxygen atoms in total. The van der Waals surface area contributed by atoms with E-state index in [-0.39, 0.29) is 63.6 Å². The maximum atomic E-state index is 11.3. The zero-order valence-electron chi connectivity index (χ0n) is 8.23. The van der Waals surface area contributed by atoms with Gasteiger partial charge in [-0.2, -0.15) is 0 Å². The summed E-state index contributed by atoms with van der Waals surface area (Å²) >= 11 is 0. The molecule has 0 unspecified atom stereocenters. The average Bonchev–Trinajstić information content (AvgIpc) is 2.21. The topological polar surface area (TPSA) is 87.0 Å². The Bertz CT molecular complexity index is 354. The van der Waals surface area contributed by atoms with Crippen LogP contribution in [-0.4, -0.2) is 79.3 Å². The first kappa shape index (κ1) is 15.7. The molecule has 6 heteroatoms. The second kappa shape index (κ2) is 7.13. The van der Waals surface area contributed by atoms with Crippen LogP contribution < -0.4 is 0 Å². The fourth-order valence-corrected chi connectivity index (χ4v) is 1.00. The molecule has 0 aliphatic heterocycles. The molecule has 0 saturated carbocycles. The van der Waals surface area contributed by atoms with Gasteiger partial charge in [-0.3, -0.25) is 0 Å². The van der Waals surface area contributed by atoms with Gasteiger partial charge in [0.05, 0.1) is 12.2 Å². The van der Waals surface area contributed by atoms with Crippen LogP contribution in [0.2, 0.25) is 0 Å². The molecule has 0 bridgehead atoms. The SMILES string of the molecule is CCCOC(=O)c1cc(O)c(O)c(O)c1.[KH]. The van der Waals surface area contributed by atoms with Crippen LogP contribution in [0.3, 0.4) is 0 Å². The zero-order chi connectivity index (χ0) is 11.4. The van der Waals surface area contributed by atoms with Crippen molar-refractivity contribution in [3.63, 3.8) is 0 Å². The van der Waals surface area contributed by atoms with Crippen molar-refractivity contribution >= 4 is 57.4 Å². The van der Waals surface area contributed by atoms with Gasteiger partial charge >= 0.3 is 57.4 Å². The minimum absolute atomic E-state index is 0. The quantitative estimate of drug-likeness (QED) is 0.419. The summed E-state index contributed by atoms with van der Waals surface area (Å²) in [6.45, 7) is 2.11. The van der Waals surface area contributed by atoms with Gasteiger partial charge in [0, 0.05) is 0 Å². The third-order valence-corrected chi connectivity index (χ3v) is 1.74. The molecule has 0 saturated heterocycles. The molecule has 0 fully saturated rings. The van der Waals surface area contributed by atoms with Gasteiger partial charge in [0.2, 0.25) is 0 Å². The van der Waals surface area contributed by atoms with Gasteiger partial charge in [0.25, 0.3) is 0 Å². The van der Waals surface area contributed by atoms with E-state index in [1.807, 2.05) is 6.92 Å². The van der Waals surface area contributed by atoms with Crippen LogP contribution in [0.4, 0.5) is 0 Å². The van der Waals surface area contributed by atoms with Crippen molar-refractivity contribution in [1.82, 2.24) is 0 Å². The van der Waals surface area contributed by atoms with Crippen molar-refractivity contribution in [2.45, 2.75) is 13.3 Å². The Kier molecular flexibility index (Phi) is 7.01. The minimum atomic E-state index is -0.651.